The van der Waals surface area contributed by atoms with Crippen molar-refractivity contribution in [2.75, 3.05) is 11.1 Å². The molecule has 3 rings (SSSR count). The maximum Gasteiger partial charge on any atom is 0.163 e. The minimum Gasteiger partial charge on any atom is -0.384 e. The van der Waals surface area contributed by atoms with Gasteiger partial charge < -0.3 is 11.1 Å². The van der Waals surface area contributed by atoms with Gasteiger partial charge in [0.05, 0.1) is 6.20 Å². The van der Waals surface area contributed by atoms with Gasteiger partial charge in [0.25, 0.3) is 0 Å². The highest BCUT2D eigenvalue weighted by atomic mass is 19.1. The fourth-order valence-electron chi connectivity index (χ4n) is 2.36. The molecule has 0 spiro atoms. The van der Waals surface area contributed by atoms with E-state index in [0.717, 1.165) is 11.2 Å². The zero-order valence-corrected chi connectivity index (χ0v) is 12.5. The van der Waals surface area contributed by atoms with Gasteiger partial charge in [-0.2, -0.15) is 9.61 Å². The number of hydrogen-bond donors (Lipinski definition) is 2. The molecule has 0 radical (unpaired) electrons. The van der Waals surface area contributed by atoms with Crippen LogP contribution in [0.3, 0.4) is 0 Å². The van der Waals surface area contributed by atoms with Gasteiger partial charge in [-0.15, -0.1) is 0 Å². The van der Waals surface area contributed by atoms with Crippen molar-refractivity contribution in [1.82, 2.24) is 14.6 Å². The molecule has 1 aromatic carbocycles. The van der Waals surface area contributed by atoms with Crippen LogP contribution in [0.25, 0.3) is 5.65 Å². The zero-order valence-electron chi connectivity index (χ0n) is 12.5. The summed E-state index contributed by atoms with van der Waals surface area (Å²) in [7, 11) is 0. The highest BCUT2D eigenvalue weighted by molar-refractivity contribution is 5.59. The minimum atomic E-state index is -0.239. The summed E-state index contributed by atoms with van der Waals surface area (Å²) in [6, 6.07) is 8.36. The van der Waals surface area contributed by atoms with E-state index >= 15 is 0 Å². The molecular weight excluding hydrogens is 281 g/mol. The first-order chi connectivity index (χ1) is 10.6. The van der Waals surface area contributed by atoms with Crippen molar-refractivity contribution in [3.8, 4) is 0 Å². The van der Waals surface area contributed by atoms with Crippen LogP contribution < -0.4 is 11.1 Å². The summed E-state index contributed by atoms with van der Waals surface area (Å²) in [4.78, 5) is 4.35. The van der Waals surface area contributed by atoms with E-state index in [0.29, 0.717) is 29.7 Å². The molecule has 5 nitrogen and oxygen atoms in total. The Bertz CT molecular complexity index is 809. The number of nitrogen functional groups attached to an aromatic ring is 1. The van der Waals surface area contributed by atoms with Gasteiger partial charge in [0, 0.05) is 23.7 Å². The molecule has 6 heteroatoms. The van der Waals surface area contributed by atoms with Crippen molar-refractivity contribution in [3.05, 3.63) is 53.5 Å². The van der Waals surface area contributed by atoms with Gasteiger partial charge >= 0.3 is 0 Å². The van der Waals surface area contributed by atoms with Gasteiger partial charge in [-0.3, -0.25) is 0 Å². The summed E-state index contributed by atoms with van der Waals surface area (Å²) < 4.78 is 15.4. The Kier molecular flexibility index (Phi) is 3.66. The molecule has 0 amide bonds. The quantitative estimate of drug-likeness (QED) is 0.776. The summed E-state index contributed by atoms with van der Waals surface area (Å²) in [6.07, 6.45) is 1.79. The fraction of sp³-hybridized carbons (Fsp3) is 0.250. The molecule has 3 aromatic rings. The van der Waals surface area contributed by atoms with Gasteiger partial charge in [-0.05, 0) is 12.0 Å². The number of nitrogens with one attached hydrogen (secondary N) is 1. The molecule has 0 aliphatic carbocycles. The zero-order chi connectivity index (χ0) is 15.7. The number of anilines is 2. The normalized spacial score (nSPS) is 11.3. The number of hydrogen-bond acceptors (Lipinski definition) is 4. The first-order valence-electron chi connectivity index (χ1n) is 7.17. The molecule has 0 aliphatic rings. The number of fused-ring (bicyclic) bond motifs is 1. The first-order valence-corrected chi connectivity index (χ1v) is 7.17. The predicted octanol–water partition coefficient (Wildman–Crippen LogP) is 3.19. The number of aromatic nitrogens is 3. The predicted molar refractivity (Wildman–Crippen MR) is 85.2 cm³/mol. The van der Waals surface area contributed by atoms with E-state index in [1.54, 1.807) is 35.0 Å². The molecule has 0 unspecified atom stereocenters. The second kappa shape index (κ2) is 5.63. The van der Waals surface area contributed by atoms with E-state index in [9.17, 15) is 4.39 Å². The summed E-state index contributed by atoms with van der Waals surface area (Å²) in [5, 5.41) is 7.54. The van der Waals surface area contributed by atoms with Gasteiger partial charge in [0.1, 0.15) is 17.5 Å². The van der Waals surface area contributed by atoms with Crippen LogP contribution in [0.5, 0.6) is 0 Å². The lowest BCUT2D eigenvalue weighted by molar-refractivity contribution is 0.612. The third kappa shape index (κ3) is 2.59. The number of halogens is 1. The Balaban J connectivity index is 1.95. The number of nitrogens with zero attached hydrogens (tertiary/aromatic N) is 3. The van der Waals surface area contributed by atoms with Crippen molar-refractivity contribution in [2.45, 2.75) is 26.3 Å². The van der Waals surface area contributed by atoms with Crippen molar-refractivity contribution in [2.24, 2.45) is 0 Å². The Hall–Kier alpha value is -2.63. The lowest BCUT2D eigenvalue weighted by Gasteiger charge is -2.10. The minimum absolute atomic E-state index is 0.239. The SMILES string of the molecule is CC(C)c1cnn2c(NCc3ccccc3F)cc(N)nc12. The molecule has 3 N–H and O–H groups in total. The van der Waals surface area contributed by atoms with E-state index in [4.69, 9.17) is 5.73 Å². The lowest BCUT2D eigenvalue weighted by atomic mass is 10.1. The fourth-order valence-corrected chi connectivity index (χ4v) is 2.36. The monoisotopic (exact) mass is 299 g/mol. The number of benzene rings is 1. The average molecular weight is 299 g/mol. The van der Waals surface area contributed by atoms with E-state index in [2.05, 4.69) is 29.2 Å². The number of rotatable bonds is 4. The first kappa shape index (κ1) is 14.3. The number of nitrogens with two attached hydrogens (primary N) is 1. The molecule has 0 saturated heterocycles. The van der Waals surface area contributed by atoms with E-state index in [1.165, 1.54) is 6.07 Å². The van der Waals surface area contributed by atoms with Gasteiger partial charge in [-0.25, -0.2) is 9.37 Å². The molecule has 22 heavy (non-hydrogen) atoms. The Morgan fingerprint density at radius 3 is 2.82 bits per heavy atom. The van der Waals surface area contributed by atoms with Gasteiger partial charge in [0.15, 0.2) is 5.65 Å². The maximum atomic E-state index is 13.7. The standard InChI is InChI=1S/C16H18FN5/c1-10(2)12-9-20-22-15(7-14(18)21-16(12)22)19-8-11-5-3-4-6-13(11)17/h3-7,9-10,19H,8H2,1-2H3,(H2,18,21). The van der Waals surface area contributed by atoms with Crippen LogP contribution in [-0.4, -0.2) is 14.6 Å². The maximum absolute atomic E-state index is 13.7. The third-order valence-corrected chi connectivity index (χ3v) is 3.56. The largest absolute Gasteiger partial charge is 0.384 e. The van der Waals surface area contributed by atoms with Crippen molar-refractivity contribution >= 4 is 17.3 Å². The molecule has 0 atom stereocenters. The summed E-state index contributed by atoms with van der Waals surface area (Å²) in [5.41, 5.74) is 8.23. The molecule has 2 aromatic heterocycles. The smallest absolute Gasteiger partial charge is 0.163 e. The van der Waals surface area contributed by atoms with E-state index in [1.807, 2.05) is 0 Å². The topological polar surface area (TPSA) is 68.2 Å². The van der Waals surface area contributed by atoms with Crippen LogP contribution in [0.4, 0.5) is 16.0 Å². The third-order valence-electron chi connectivity index (χ3n) is 3.56. The van der Waals surface area contributed by atoms with Crippen molar-refractivity contribution in [1.29, 1.82) is 0 Å². The second-order valence-corrected chi connectivity index (χ2v) is 5.50. The Morgan fingerprint density at radius 2 is 2.09 bits per heavy atom. The van der Waals surface area contributed by atoms with Gasteiger partial charge in [0.2, 0.25) is 0 Å². The van der Waals surface area contributed by atoms with Crippen molar-refractivity contribution < 1.29 is 4.39 Å². The van der Waals surface area contributed by atoms with Crippen molar-refractivity contribution in [3.63, 3.8) is 0 Å². The van der Waals surface area contributed by atoms with Crippen LogP contribution in [0.1, 0.15) is 30.9 Å². The van der Waals surface area contributed by atoms with Crippen LogP contribution in [0, 0.1) is 5.82 Å². The van der Waals surface area contributed by atoms with E-state index < -0.39 is 0 Å². The Labute approximate surface area is 128 Å². The van der Waals surface area contributed by atoms with Crippen LogP contribution >= 0.6 is 0 Å². The average Bonchev–Trinajstić information content (AvgIpc) is 2.90. The molecule has 0 saturated carbocycles. The van der Waals surface area contributed by atoms with Crippen LogP contribution in [-0.2, 0) is 6.54 Å². The molecule has 0 aliphatic heterocycles. The molecule has 0 bridgehead atoms. The summed E-state index contributed by atoms with van der Waals surface area (Å²) >= 11 is 0. The molecule has 114 valence electrons. The van der Waals surface area contributed by atoms with E-state index in [-0.39, 0.29) is 5.82 Å². The summed E-state index contributed by atoms with van der Waals surface area (Å²) in [5.74, 6) is 1.16. The van der Waals surface area contributed by atoms with Gasteiger partial charge in [-0.1, -0.05) is 32.0 Å². The summed E-state index contributed by atoms with van der Waals surface area (Å²) in [6.45, 7) is 4.50. The highest BCUT2D eigenvalue weighted by Gasteiger charge is 2.13. The lowest BCUT2D eigenvalue weighted by Crippen LogP contribution is -2.08. The Morgan fingerprint density at radius 1 is 1.32 bits per heavy atom. The highest BCUT2D eigenvalue weighted by Crippen LogP contribution is 2.23. The molecular formula is C16H18FN5. The molecule has 0 fully saturated rings. The van der Waals surface area contributed by atoms with Crippen LogP contribution in [0.2, 0.25) is 0 Å². The second-order valence-electron chi connectivity index (χ2n) is 5.50. The van der Waals surface area contributed by atoms with Crippen LogP contribution in [0.15, 0.2) is 36.5 Å². The molecule has 2 heterocycles.